The highest BCUT2D eigenvalue weighted by Crippen LogP contribution is 2.38. The average molecular weight is 361 g/mol. The number of carbonyl (C=O) groups is 2. The minimum atomic E-state index is -0.110. The van der Waals surface area contributed by atoms with Crippen molar-refractivity contribution >= 4 is 11.7 Å². The summed E-state index contributed by atoms with van der Waals surface area (Å²) in [6.07, 6.45) is 3.14. The van der Waals surface area contributed by atoms with Gasteiger partial charge in [-0.2, -0.15) is 0 Å². The molecule has 0 aromatic carbocycles. The first-order chi connectivity index (χ1) is 12.2. The Morgan fingerprint density at radius 1 is 1.27 bits per heavy atom. The molecule has 1 aliphatic heterocycles. The smallest absolute Gasteiger partial charge is 0.289 e. The standard InChI is InChI=1S/C21H31NO4/c1-13(2)12-25-15-6-8-22(9-7-15)20(24)19-14(3)18-16(23)10-21(4,5)11-17(18)26-19/h13,15H,6-12H2,1-5H3. The molecule has 1 aliphatic carbocycles. The van der Waals surface area contributed by atoms with Gasteiger partial charge in [-0.3, -0.25) is 9.59 Å². The first-order valence-electron chi connectivity index (χ1n) is 9.74. The lowest BCUT2D eigenvalue weighted by Crippen LogP contribution is -2.41. The van der Waals surface area contributed by atoms with E-state index in [0.29, 0.717) is 54.5 Å². The van der Waals surface area contributed by atoms with Gasteiger partial charge < -0.3 is 14.1 Å². The number of likely N-dealkylation sites (tertiary alicyclic amines) is 1. The molecule has 0 bridgehead atoms. The third-order valence-corrected chi connectivity index (χ3v) is 5.37. The molecule has 2 heterocycles. The van der Waals surface area contributed by atoms with E-state index in [2.05, 4.69) is 27.7 Å². The molecule has 1 saturated heterocycles. The van der Waals surface area contributed by atoms with Crippen LogP contribution in [-0.2, 0) is 11.2 Å². The fourth-order valence-corrected chi connectivity index (χ4v) is 3.98. The van der Waals surface area contributed by atoms with Crippen LogP contribution in [0.2, 0.25) is 0 Å². The number of rotatable bonds is 4. The Labute approximate surface area is 156 Å². The van der Waals surface area contributed by atoms with Crippen molar-refractivity contribution < 1.29 is 18.7 Å². The van der Waals surface area contributed by atoms with Gasteiger partial charge in [0.15, 0.2) is 11.5 Å². The van der Waals surface area contributed by atoms with E-state index in [1.807, 2.05) is 11.8 Å². The van der Waals surface area contributed by atoms with E-state index in [4.69, 9.17) is 9.15 Å². The van der Waals surface area contributed by atoms with E-state index in [1.54, 1.807) is 0 Å². The molecular formula is C21H31NO4. The molecule has 5 heteroatoms. The van der Waals surface area contributed by atoms with Gasteiger partial charge in [0.2, 0.25) is 0 Å². The molecular weight excluding hydrogens is 330 g/mol. The second kappa shape index (κ2) is 7.18. The second-order valence-electron chi connectivity index (χ2n) is 9.01. The Balaban J connectivity index is 1.69. The van der Waals surface area contributed by atoms with E-state index in [0.717, 1.165) is 19.4 Å². The lowest BCUT2D eigenvalue weighted by Gasteiger charge is -2.32. The predicted molar refractivity (Wildman–Crippen MR) is 99.6 cm³/mol. The van der Waals surface area contributed by atoms with Crippen LogP contribution in [0.1, 0.15) is 79.2 Å². The van der Waals surface area contributed by atoms with Crippen LogP contribution in [0.3, 0.4) is 0 Å². The van der Waals surface area contributed by atoms with Gasteiger partial charge >= 0.3 is 0 Å². The van der Waals surface area contributed by atoms with Crippen molar-refractivity contribution in [1.29, 1.82) is 0 Å². The van der Waals surface area contributed by atoms with Gasteiger partial charge in [0.1, 0.15) is 5.76 Å². The van der Waals surface area contributed by atoms with Crippen molar-refractivity contribution in [2.24, 2.45) is 11.3 Å². The quantitative estimate of drug-likeness (QED) is 0.813. The summed E-state index contributed by atoms with van der Waals surface area (Å²) in [5, 5.41) is 0. The molecule has 0 unspecified atom stereocenters. The zero-order valence-electron chi connectivity index (χ0n) is 16.7. The highest BCUT2D eigenvalue weighted by atomic mass is 16.5. The van der Waals surface area contributed by atoms with Gasteiger partial charge in [-0.05, 0) is 31.1 Å². The van der Waals surface area contributed by atoms with Gasteiger partial charge in [-0.25, -0.2) is 0 Å². The third kappa shape index (κ3) is 3.88. The maximum atomic E-state index is 13.0. The van der Waals surface area contributed by atoms with Crippen LogP contribution in [0.4, 0.5) is 0 Å². The molecule has 3 rings (SSSR count). The summed E-state index contributed by atoms with van der Waals surface area (Å²) in [6.45, 7) is 12.4. The summed E-state index contributed by atoms with van der Waals surface area (Å²) in [5.74, 6) is 1.56. The summed E-state index contributed by atoms with van der Waals surface area (Å²) in [6, 6.07) is 0. The first kappa shape index (κ1) is 19.2. The number of furan rings is 1. The van der Waals surface area contributed by atoms with E-state index in [1.165, 1.54) is 0 Å². The fourth-order valence-electron chi connectivity index (χ4n) is 3.98. The minimum Gasteiger partial charge on any atom is -0.455 e. The molecule has 1 amide bonds. The topological polar surface area (TPSA) is 59.8 Å². The van der Waals surface area contributed by atoms with Crippen molar-refractivity contribution in [3.05, 3.63) is 22.6 Å². The highest BCUT2D eigenvalue weighted by Gasteiger charge is 2.38. The number of nitrogens with zero attached hydrogens (tertiary/aromatic N) is 1. The summed E-state index contributed by atoms with van der Waals surface area (Å²) in [7, 11) is 0. The fraction of sp³-hybridized carbons (Fsp3) is 0.714. The SMILES string of the molecule is Cc1c(C(=O)N2CCC(OCC(C)C)CC2)oc2c1C(=O)CC(C)(C)C2. The van der Waals surface area contributed by atoms with Crippen molar-refractivity contribution in [1.82, 2.24) is 4.90 Å². The number of hydrogen-bond donors (Lipinski definition) is 0. The number of Topliss-reactive ketones (excluding diaryl/α,β-unsaturated/α-hetero) is 1. The maximum Gasteiger partial charge on any atom is 0.289 e. The lowest BCUT2D eigenvalue weighted by molar-refractivity contribution is -0.00299. The molecule has 0 N–H and O–H groups in total. The van der Waals surface area contributed by atoms with Gasteiger partial charge in [0, 0.05) is 38.1 Å². The number of ether oxygens (including phenoxy) is 1. The molecule has 144 valence electrons. The van der Waals surface area contributed by atoms with E-state index >= 15 is 0 Å². The molecule has 1 fully saturated rings. The number of piperidine rings is 1. The maximum absolute atomic E-state index is 13.0. The normalized spacial score (nSPS) is 20.5. The Bertz CT molecular complexity index is 693. The number of carbonyl (C=O) groups excluding carboxylic acids is 2. The molecule has 5 nitrogen and oxygen atoms in total. The summed E-state index contributed by atoms with van der Waals surface area (Å²) in [4.78, 5) is 27.3. The largest absolute Gasteiger partial charge is 0.455 e. The number of fused-ring (bicyclic) bond motifs is 1. The third-order valence-electron chi connectivity index (χ3n) is 5.37. The van der Waals surface area contributed by atoms with Crippen molar-refractivity contribution in [2.75, 3.05) is 19.7 Å². The molecule has 2 aliphatic rings. The number of ketones is 1. The summed E-state index contributed by atoms with van der Waals surface area (Å²) in [5.41, 5.74) is 1.24. The van der Waals surface area contributed by atoms with Crippen molar-refractivity contribution in [3.63, 3.8) is 0 Å². The van der Waals surface area contributed by atoms with E-state index in [9.17, 15) is 9.59 Å². The van der Waals surface area contributed by atoms with Gasteiger partial charge in [-0.15, -0.1) is 0 Å². The Morgan fingerprint density at radius 3 is 2.54 bits per heavy atom. The van der Waals surface area contributed by atoms with Crippen LogP contribution < -0.4 is 0 Å². The van der Waals surface area contributed by atoms with Gasteiger partial charge in [-0.1, -0.05) is 27.7 Å². The zero-order chi connectivity index (χ0) is 19.1. The number of amides is 1. The van der Waals surface area contributed by atoms with Crippen LogP contribution in [0.5, 0.6) is 0 Å². The predicted octanol–water partition coefficient (Wildman–Crippen LogP) is 4.02. The summed E-state index contributed by atoms with van der Waals surface area (Å²) >= 11 is 0. The molecule has 0 radical (unpaired) electrons. The lowest BCUT2D eigenvalue weighted by atomic mass is 9.76. The second-order valence-corrected chi connectivity index (χ2v) is 9.01. The van der Waals surface area contributed by atoms with Crippen molar-refractivity contribution in [3.8, 4) is 0 Å². The minimum absolute atomic E-state index is 0.0928. The van der Waals surface area contributed by atoms with Gasteiger partial charge in [0.05, 0.1) is 11.7 Å². The Morgan fingerprint density at radius 2 is 1.92 bits per heavy atom. The molecule has 0 atom stereocenters. The van der Waals surface area contributed by atoms with Crippen LogP contribution in [0, 0.1) is 18.3 Å². The highest BCUT2D eigenvalue weighted by molar-refractivity contribution is 6.03. The molecule has 1 aromatic rings. The zero-order valence-corrected chi connectivity index (χ0v) is 16.7. The molecule has 26 heavy (non-hydrogen) atoms. The van der Waals surface area contributed by atoms with Crippen LogP contribution in [0.15, 0.2) is 4.42 Å². The summed E-state index contributed by atoms with van der Waals surface area (Å²) < 4.78 is 11.8. The van der Waals surface area contributed by atoms with Crippen molar-refractivity contribution in [2.45, 2.75) is 66.4 Å². The Hall–Kier alpha value is -1.62. The Kier molecular flexibility index (Phi) is 5.29. The van der Waals surface area contributed by atoms with Gasteiger partial charge in [0.25, 0.3) is 5.91 Å². The molecule has 0 spiro atoms. The van der Waals surface area contributed by atoms with Crippen LogP contribution in [-0.4, -0.2) is 42.4 Å². The number of hydrogen-bond acceptors (Lipinski definition) is 4. The van der Waals surface area contributed by atoms with Crippen LogP contribution >= 0.6 is 0 Å². The molecule has 0 saturated carbocycles. The van der Waals surface area contributed by atoms with E-state index in [-0.39, 0.29) is 23.2 Å². The monoisotopic (exact) mass is 361 g/mol. The molecule has 1 aromatic heterocycles. The average Bonchev–Trinajstić information content (AvgIpc) is 2.88. The first-order valence-corrected chi connectivity index (χ1v) is 9.74. The van der Waals surface area contributed by atoms with E-state index < -0.39 is 0 Å². The van der Waals surface area contributed by atoms with Crippen LogP contribution in [0.25, 0.3) is 0 Å².